The quantitative estimate of drug-likeness (QED) is 0.592. The zero-order valence-electron chi connectivity index (χ0n) is 8.67. The van der Waals surface area contributed by atoms with Crippen LogP contribution in [-0.2, 0) is 4.74 Å². The molecule has 2 heterocycles. The summed E-state index contributed by atoms with van der Waals surface area (Å²) in [6, 6.07) is 0. The van der Waals surface area contributed by atoms with E-state index in [2.05, 4.69) is 20.4 Å². The van der Waals surface area contributed by atoms with Gasteiger partial charge >= 0.3 is 0 Å². The zero-order valence-corrected chi connectivity index (χ0v) is 8.67. The van der Waals surface area contributed by atoms with Crippen LogP contribution in [0, 0.1) is 0 Å². The van der Waals surface area contributed by atoms with E-state index in [0.29, 0.717) is 0 Å². The third kappa shape index (κ3) is 3.18. The van der Waals surface area contributed by atoms with Crippen LogP contribution in [0.25, 0.3) is 0 Å². The molecule has 2 rings (SSSR count). The highest BCUT2D eigenvalue weighted by molar-refractivity contribution is 4.66. The van der Waals surface area contributed by atoms with Gasteiger partial charge in [-0.2, -0.15) is 0 Å². The first-order chi connectivity index (χ1) is 6.95. The minimum absolute atomic E-state index is 0.899. The number of hydrogen-bond donors (Lipinski definition) is 2. The Morgan fingerprint density at radius 2 is 1.57 bits per heavy atom. The van der Waals surface area contributed by atoms with E-state index < -0.39 is 0 Å². The average molecular weight is 200 g/mol. The van der Waals surface area contributed by atoms with Gasteiger partial charge in [0.1, 0.15) is 0 Å². The maximum atomic E-state index is 5.31. The van der Waals surface area contributed by atoms with Crippen LogP contribution in [0.4, 0.5) is 0 Å². The lowest BCUT2D eigenvalue weighted by atomic mass is 10.4. The molecule has 0 spiro atoms. The van der Waals surface area contributed by atoms with E-state index in [1.165, 1.54) is 0 Å². The number of nitrogens with one attached hydrogen (secondary N) is 2. The van der Waals surface area contributed by atoms with Gasteiger partial charge in [-0.1, -0.05) is 0 Å². The minimum Gasteiger partial charge on any atom is -0.379 e. The van der Waals surface area contributed by atoms with Crippen molar-refractivity contribution in [2.45, 2.75) is 0 Å². The molecule has 2 aliphatic rings. The average Bonchev–Trinajstić information content (AvgIpc) is 2.29. The fraction of sp³-hybridized carbons (Fsp3) is 1.00. The molecule has 82 valence electrons. The third-order valence-corrected chi connectivity index (χ3v) is 2.76. The van der Waals surface area contributed by atoms with Gasteiger partial charge in [0.25, 0.3) is 0 Å². The molecule has 0 radical (unpaired) electrons. The second-order valence-electron chi connectivity index (χ2n) is 3.84. The summed E-state index contributed by atoms with van der Waals surface area (Å²) < 4.78 is 5.31. The molecular formula is C9H20N4O. The molecule has 2 fully saturated rings. The number of morpholine rings is 1. The lowest BCUT2D eigenvalue weighted by Crippen LogP contribution is -2.52. The van der Waals surface area contributed by atoms with Crippen molar-refractivity contribution in [2.75, 3.05) is 59.4 Å². The Hall–Kier alpha value is -0.200. The number of rotatable bonds is 3. The van der Waals surface area contributed by atoms with E-state index in [1.807, 2.05) is 0 Å². The van der Waals surface area contributed by atoms with E-state index in [9.17, 15) is 0 Å². The second kappa shape index (κ2) is 5.63. The molecule has 2 saturated heterocycles. The molecule has 0 aromatic carbocycles. The fourth-order valence-electron chi connectivity index (χ4n) is 1.84. The molecule has 2 aliphatic heterocycles. The van der Waals surface area contributed by atoms with Crippen molar-refractivity contribution in [1.29, 1.82) is 0 Å². The smallest absolute Gasteiger partial charge is 0.0594 e. The van der Waals surface area contributed by atoms with Gasteiger partial charge in [0.15, 0.2) is 0 Å². The van der Waals surface area contributed by atoms with Crippen molar-refractivity contribution in [1.82, 2.24) is 20.4 Å². The molecule has 0 saturated carbocycles. The van der Waals surface area contributed by atoms with Crippen LogP contribution in [0.5, 0.6) is 0 Å². The van der Waals surface area contributed by atoms with E-state index in [-0.39, 0.29) is 0 Å². The van der Waals surface area contributed by atoms with Gasteiger partial charge in [0, 0.05) is 32.8 Å². The summed E-state index contributed by atoms with van der Waals surface area (Å²) in [6.45, 7) is 9.24. The fourth-order valence-corrected chi connectivity index (χ4v) is 1.84. The van der Waals surface area contributed by atoms with E-state index in [1.54, 1.807) is 0 Å². The van der Waals surface area contributed by atoms with Crippen LogP contribution >= 0.6 is 0 Å². The number of nitrogens with zero attached hydrogens (tertiary/aromatic N) is 2. The van der Waals surface area contributed by atoms with Crippen LogP contribution in [0.3, 0.4) is 0 Å². The van der Waals surface area contributed by atoms with Gasteiger partial charge in [0.05, 0.1) is 26.6 Å². The van der Waals surface area contributed by atoms with Gasteiger partial charge in [-0.05, 0) is 0 Å². The van der Waals surface area contributed by atoms with Gasteiger partial charge in [-0.15, -0.1) is 0 Å². The lowest BCUT2D eigenvalue weighted by molar-refractivity contribution is 0.0312. The molecule has 0 aliphatic carbocycles. The minimum atomic E-state index is 0.899. The summed E-state index contributed by atoms with van der Waals surface area (Å²) in [5.74, 6) is 0. The molecule has 0 amide bonds. The molecule has 5 heteroatoms. The monoisotopic (exact) mass is 200 g/mol. The van der Waals surface area contributed by atoms with Gasteiger partial charge in [-0.25, -0.2) is 0 Å². The number of ether oxygens (including phenoxy) is 1. The normalized spacial score (nSPS) is 26.6. The third-order valence-electron chi connectivity index (χ3n) is 2.76. The maximum absolute atomic E-state index is 5.31. The second-order valence-corrected chi connectivity index (χ2v) is 3.84. The Morgan fingerprint density at radius 3 is 2.29 bits per heavy atom. The highest BCUT2D eigenvalue weighted by Crippen LogP contribution is 1.97. The Balaban J connectivity index is 1.60. The highest BCUT2D eigenvalue weighted by Gasteiger charge is 2.13. The Labute approximate surface area is 85.4 Å². The SMILES string of the molecule is C1NCN(CCN2CCOCC2)CN1. The molecule has 0 bridgehead atoms. The van der Waals surface area contributed by atoms with Crippen LogP contribution in [0.1, 0.15) is 0 Å². The summed E-state index contributed by atoms with van der Waals surface area (Å²) in [7, 11) is 0. The molecule has 14 heavy (non-hydrogen) atoms. The van der Waals surface area contributed by atoms with E-state index in [4.69, 9.17) is 4.74 Å². The molecule has 0 atom stereocenters. The predicted octanol–water partition coefficient (Wildman–Crippen LogP) is -1.31. The standard InChI is InChI=1S/C9H20N4O/c1(12-3-5-14-6-4-12)2-13-8-10-7-11-9-13/h10-11H,1-9H2. The summed E-state index contributed by atoms with van der Waals surface area (Å²) in [4.78, 5) is 4.86. The maximum Gasteiger partial charge on any atom is 0.0594 e. The Morgan fingerprint density at radius 1 is 0.929 bits per heavy atom. The van der Waals surface area contributed by atoms with E-state index in [0.717, 1.165) is 59.4 Å². The molecular weight excluding hydrogens is 180 g/mol. The van der Waals surface area contributed by atoms with Crippen molar-refractivity contribution in [3.8, 4) is 0 Å². The highest BCUT2D eigenvalue weighted by atomic mass is 16.5. The topological polar surface area (TPSA) is 39.8 Å². The molecule has 5 nitrogen and oxygen atoms in total. The van der Waals surface area contributed by atoms with Gasteiger partial charge in [-0.3, -0.25) is 20.4 Å². The first kappa shape index (κ1) is 10.3. The van der Waals surface area contributed by atoms with Crippen molar-refractivity contribution >= 4 is 0 Å². The summed E-state index contributed by atoms with van der Waals surface area (Å²) >= 11 is 0. The Kier molecular flexibility index (Phi) is 4.15. The first-order valence-corrected chi connectivity index (χ1v) is 5.39. The van der Waals surface area contributed by atoms with Gasteiger partial charge in [0.2, 0.25) is 0 Å². The van der Waals surface area contributed by atoms with Crippen LogP contribution in [-0.4, -0.2) is 69.2 Å². The molecule has 0 aromatic rings. The first-order valence-electron chi connectivity index (χ1n) is 5.39. The predicted molar refractivity (Wildman–Crippen MR) is 54.8 cm³/mol. The van der Waals surface area contributed by atoms with Crippen LogP contribution < -0.4 is 10.6 Å². The largest absolute Gasteiger partial charge is 0.379 e. The lowest BCUT2D eigenvalue weighted by Gasteiger charge is -2.32. The summed E-state index contributed by atoms with van der Waals surface area (Å²) in [5.41, 5.74) is 0. The van der Waals surface area contributed by atoms with Crippen molar-refractivity contribution in [3.63, 3.8) is 0 Å². The van der Waals surface area contributed by atoms with Gasteiger partial charge < -0.3 is 4.74 Å². The van der Waals surface area contributed by atoms with Crippen LogP contribution in [0.2, 0.25) is 0 Å². The molecule has 2 N–H and O–H groups in total. The van der Waals surface area contributed by atoms with E-state index >= 15 is 0 Å². The number of hydrogen-bond acceptors (Lipinski definition) is 5. The summed E-state index contributed by atoms with van der Waals surface area (Å²) in [6.07, 6.45) is 0. The van der Waals surface area contributed by atoms with Crippen LogP contribution in [0.15, 0.2) is 0 Å². The summed E-state index contributed by atoms with van der Waals surface area (Å²) in [5, 5.41) is 6.59. The van der Waals surface area contributed by atoms with Crippen molar-refractivity contribution in [3.05, 3.63) is 0 Å². The van der Waals surface area contributed by atoms with Crippen molar-refractivity contribution < 1.29 is 4.74 Å². The Bertz CT molecular complexity index is 137. The zero-order chi connectivity index (χ0) is 9.64. The van der Waals surface area contributed by atoms with Crippen molar-refractivity contribution in [2.24, 2.45) is 0 Å². The molecule has 0 aromatic heterocycles. The molecule has 0 unspecified atom stereocenters.